The number of fused-ring (bicyclic) bond motifs is 9. The van der Waals surface area contributed by atoms with Gasteiger partial charge in [0.05, 0.1) is 0 Å². The van der Waals surface area contributed by atoms with E-state index in [9.17, 15) is 0 Å². The molecule has 2 N–H and O–H groups in total. The Bertz CT molecular complexity index is 3390. The zero-order chi connectivity index (χ0) is 43.3. The summed E-state index contributed by atoms with van der Waals surface area (Å²) >= 11 is 0. The Hall–Kier alpha value is -7.94. The Morgan fingerprint density at radius 1 is 0.508 bits per heavy atom. The third-order valence-electron chi connectivity index (χ3n) is 13.6. The van der Waals surface area contributed by atoms with Gasteiger partial charge in [-0.15, -0.1) is 0 Å². The molecule has 2 atom stereocenters. The van der Waals surface area contributed by atoms with Crippen molar-refractivity contribution in [1.82, 2.24) is 0 Å². The summed E-state index contributed by atoms with van der Waals surface area (Å²) in [5.74, 6) is 0.801. The summed E-state index contributed by atoms with van der Waals surface area (Å²) in [6.07, 6.45) is 20.4. The molecule has 0 fully saturated rings. The molecule has 12 rings (SSSR count). The second-order valence-corrected chi connectivity index (χ2v) is 18.0. The number of nitrogens with one attached hydrogen (secondary N) is 2. The van der Waals surface area contributed by atoms with Gasteiger partial charge in [0.2, 0.25) is 0 Å². The van der Waals surface area contributed by atoms with Crippen molar-refractivity contribution >= 4 is 39.0 Å². The molecule has 1 unspecified atom stereocenters. The molecule has 0 saturated heterocycles. The Kier molecular flexibility index (Phi) is 9.72. The summed E-state index contributed by atoms with van der Waals surface area (Å²) < 4.78 is 0. The quantitative estimate of drug-likeness (QED) is 0.174. The van der Waals surface area contributed by atoms with Gasteiger partial charge in [0, 0.05) is 45.4 Å². The van der Waals surface area contributed by atoms with Crippen molar-refractivity contribution in [2.45, 2.75) is 19.8 Å². The lowest BCUT2D eigenvalue weighted by molar-refractivity contribution is 0.740. The van der Waals surface area contributed by atoms with Gasteiger partial charge < -0.3 is 10.6 Å². The van der Waals surface area contributed by atoms with Gasteiger partial charge in [-0.1, -0.05) is 171 Å². The van der Waals surface area contributed by atoms with Crippen LogP contribution in [0.4, 0.5) is 17.1 Å². The highest BCUT2D eigenvalue weighted by Crippen LogP contribution is 2.45. The van der Waals surface area contributed by atoms with Crippen LogP contribution in [0.5, 0.6) is 0 Å². The van der Waals surface area contributed by atoms with Crippen LogP contribution >= 0.6 is 0 Å². The maximum absolute atomic E-state index is 4.03. The Balaban J connectivity index is 0.970. The van der Waals surface area contributed by atoms with Gasteiger partial charge >= 0.3 is 0 Å². The van der Waals surface area contributed by atoms with E-state index in [0.29, 0.717) is 11.8 Å². The van der Waals surface area contributed by atoms with Crippen LogP contribution in [0, 0.1) is 11.8 Å². The van der Waals surface area contributed by atoms with E-state index in [-0.39, 0.29) is 0 Å². The molecular weight excluding hydrogens is 785 g/mol. The van der Waals surface area contributed by atoms with Crippen LogP contribution in [0.1, 0.15) is 30.9 Å². The van der Waals surface area contributed by atoms with Crippen molar-refractivity contribution in [2.75, 3.05) is 10.6 Å². The lowest BCUT2D eigenvalue weighted by Crippen LogP contribution is -2.16. The maximum Gasteiger partial charge on any atom is 0.0464 e. The molecule has 0 aromatic heterocycles. The average Bonchev–Trinajstić information content (AvgIpc) is 3.36. The minimum Gasteiger partial charge on any atom is -0.358 e. The van der Waals surface area contributed by atoms with E-state index in [4.69, 9.17) is 0 Å². The van der Waals surface area contributed by atoms with Crippen LogP contribution in [-0.4, -0.2) is 0 Å². The van der Waals surface area contributed by atoms with Crippen molar-refractivity contribution in [2.24, 2.45) is 11.8 Å². The van der Waals surface area contributed by atoms with Crippen LogP contribution in [-0.2, 0) is 0 Å². The van der Waals surface area contributed by atoms with E-state index >= 15 is 0 Å². The summed E-state index contributed by atoms with van der Waals surface area (Å²) in [6, 6.07) is 64.9. The summed E-state index contributed by atoms with van der Waals surface area (Å²) in [6.45, 7) is 2.31. The van der Waals surface area contributed by atoms with E-state index in [1.807, 2.05) is 0 Å². The topological polar surface area (TPSA) is 24.1 Å². The molecule has 4 aliphatic rings. The van der Waals surface area contributed by atoms with E-state index in [1.165, 1.54) is 100.0 Å². The van der Waals surface area contributed by atoms with Gasteiger partial charge in [0.1, 0.15) is 0 Å². The molecule has 0 radical (unpaired) electrons. The molecule has 0 spiro atoms. The van der Waals surface area contributed by atoms with Crippen LogP contribution in [0.15, 0.2) is 236 Å². The first-order valence-corrected chi connectivity index (χ1v) is 23.0. The minimum absolute atomic E-state index is 0.351. The van der Waals surface area contributed by atoms with E-state index in [0.717, 1.165) is 29.9 Å². The molecule has 3 aliphatic carbocycles. The molecule has 2 bridgehead atoms. The molecule has 0 amide bonds. The number of rotatable bonds is 6. The fourth-order valence-corrected chi connectivity index (χ4v) is 10.2. The summed E-state index contributed by atoms with van der Waals surface area (Å²) in [5, 5.41) is 10.5. The first-order valence-electron chi connectivity index (χ1n) is 23.0. The third kappa shape index (κ3) is 7.47. The Labute approximate surface area is 382 Å². The highest BCUT2D eigenvalue weighted by Gasteiger charge is 2.26. The van der Waals surface area contributed by atoms with Gasteiger partial charge in [-0.2, -0.15) is 0 Å². The maximum atomic E-state index is 4.03. The first kappa shape index (κ1) is 38.7. The number of anilines is 3. The van der Waals surface area contributed by atoms with Gasteiger partial charge in [-0.25, -0.2) is 0 Å². The number of hydrogen-bond acceptors (Lipinski definition) is 2. The van der Waals surface area contributed by atoms with Gasteiger partial charge in [0.25, 0.3) is 0 Å². The lowest BCUT2D eigenvalue weighted by Gasteiger charge is -2.29. The summed E-state index contributed by atoms with van der Waals surface area (Å²) in [7, 11) is 0. The number of allylic oxidation sites excluding steroid dienone is 12. The first-order chi connectivity index (χ1) is 32.1. The average molecular weight is 833 g/mol. The van der Waals surface area contributed by atoms with Crippen LogP contribution in [0.2, 0.25) is 0 Å². The van der Waals surface area contributed by atoms with Crippen molar-refractivity contribution in [3.63, 3.8) is 0 Å². The zero-order valence-corrected chi connectivity index (χ0v) is 36.4. The fourth-order valence-electron chi connectivity index (χ4n) is 10.2. The second-order valence-electron chi connectivity index (χ2n) is 18.0. The van der Waals surface area contributed by atoms with Crippen molar-refractivity contribution < 1.29 is 0 Å². The monoisotopic (exact) mass is 832 g/mol. The predicted molar refractivity (Wildman–Crippen MR) is 277 cm³/mol. The molecule has 65 heavy (non-hydrogen) atoms. The highest BCUT2D eigenvalue weighted by atomic mass is 14.9. The van der Waals surface area contributed by atoms with Crippen molar-refractivity contribution in [3.8, 4) is 55.6 Å². The van der Waals surface area contributed by atoms with E-state index in [2.05, 4.69) is 242 Å². The molecule has 8 aromatic rings. The molecular formula is C63H48N2. The lowest BCUT2D eigenvalue weighted by atomic mass is 9.80. The largest absolute Gasteiger partial charge is 0.358 e. The summed E-state index contributed by atoms with van der Waals surface area (Å²) in [4.78, 5) is 0. The smallest absolute Gasteiger partial charge is 0.0464 e. The van der Waals surface area contributed by atoms with Crippen LogP contribution in [0.3, 0.4) is 0 Å². The molecule has 1 aliphatic heterocycles. The normalized spacial score (nSPS) is 16.9. The van der Waals surface area contributed by atoms with Gasteiger partial charge in [0.15, 0.2) is 0 Å². The van der Waals surface area contributed by atoms with Gasteiger partial charge in [-0.3, -0.25) is 0 Å². The molecule has 0 saturated carbocycles. The molecule has 2 nitrogen and oxygen atoms in total. The molecule has 8 aromatic carbocycles. The second kappa shape index (κ2) is 16.3. The predicted octanol–water partition coefficient (Wildman–Crippen LogP) is 17.1. The van der Waals surface area contributed by atoms with Crippen molar-refractivity contribution in [1.29, 1.82) is 0 Å². The summed E-state index contributed by atoms with van der Waals surface area (Å²) in [5.41, 5.74) is 22.8. The number of benzene rings is 8. The molecule has 1 heterocycles. The van der Waals surface area contributed by atoms with E-state index < -0.39 is 0 Å². The van der Waals surface area contributed by atoms with Gasteiger partial charge in [-0.05, 0) is 157 Å². The standard InChI is InChI=1S/C63H48N2/c1-41-13-11-20-50(31-41)58-37-48(27-29-61(58)64-55-35-53(42-14-3-2-4-15-42)34-54(36-55)47-26-25-43-16-5-6-17-44(43)32-47)49-28-30-62-59(38-49)52-22-12-21-51(33-52)56-23-9-10-24-57(56)60-39-45-18-7-8-19-46(45)40-63(60)65-62/h2-12,14-39,41,46,64-65H,13,40H2,1H3/t41-,46?/m0/s1. The van der Waals surface area contributed by atoms with E-state index in [1.54, 1.807) is 0 Å². The third-order valence-corrected chi connectivity index (χ3v) is 13.6. The Morgan fingerprint density at radius 2 is 1.20 bits per heavy atom. The zero-order valence-electron chi connectivity index (χ0n) is 36.4. The minimum atomic E-state index is 0.351. The molecule has 2 heteroatoms. The SMILES string of the molecule is C[C@@H]1C=C(c2cc(-c3ccc4c(c3)-c3cccc(c3)-c3ccccc3C3=C(CC5C=CC=CC5=C3)N4)ccc2Nc2cc(-c3ccccc3)cc(-c3ccc4ccccc4c3)c2)C=CC1. The number of hydrogen-bond donors (Lipinski definition) is 2. The van der Waals surface area contributed by atoms with Crippen molar-refractivity contribution in [3.05, 3.63) is 247 Å². The van der Waals surface area contributed by atoms with Crippen LogP contribution < -0.4 is 10.6 Å². The van der Waals surface area contributed by atoms with Crippen LogP contribution in [0.25, 0.3) is 77.6 Å². The fraction of sp³-hybridized carbons (Fsp3) is 0.0794. The Morgan fingerprint density at radius 3 is 2.06 bits per heavy atom. The highest BCUT2D eigenvalue weighted by molar-refractivity contribution is 5.96. The molecule has 310 valence electrons.